The third-order valence-electron chi connectivity index (χ3n) is 3.94. The first-order chi connectivity index (χ1) is 7.84. The van der Waals surface area contributed by atoms with Gasteiger partial charge < -0.3 is 5.32 Å². The van der Waals surface area contributed by atoms with E-state index in [-0.39, 0.29) is 17.2 Å². The molecule has 96 valence electrons. The van der Waals surface area contributed by atoms with Crippen LogP contribution in [0, 0.1) is 10.8 Å². The highest BCUT2D eigenvalue weighted by Crippen LogP contribution is 2.35. The van der Waals surface area contributed by atoms with Crippen molar-refractivity contribution in [3.8, 4) is 0 Å². The number of carbonyl (C=O) groups excluding carboxylic acids is 2. The van der Waals surface area contributed by atoms with E-state index in [0.29, 0.717) is 13.0 Å². The fraction of sp³-hybridized carbons (Fsp3) is 0.846. The van der Waals surface area contributed by atoms with Crippen LogP contribution in [0.15, 0.2) is 0 Å². The van der Waals surface area contributed by atoms with Crippen molar-refractivity contribution in [1.82, 2.24) is 10.2 Å². The van der Waals surface area contributed by atoms with Crippen LogP contribution in [0.5, 0.6) is 0 Å². The molecule has 0 bridgehead atoms. The zero-order valence-corrected chi connectivity index (χ0v) is 11.0. The van der Waals surface area contributed by atoms with Crippen molar-refractivity contribution in [2.75, 3.05) is 19.6 Å². The van der Waals surface area contributed by atoms with Gasteiger partial charge in [0.2, 0.25) is 11.8 Å². The summed E-state index contributed by atoms with van der Waals surface area (Å²) in [5.41, 5.74) is -0.459. The summed E-state index contributed by atoms with van der Waals surface area (Å²) < 4.78 is 0. The van der Waals surface area contributed by atoms with Gasteiger partial charge in [-0.2, -0.15) is 0 Å². The quantitative estimate of drug-likeness (QED) is 0.734. The van der Waals surface area contributed by atoms with Crippen LogP contribution in [0.2, 0.25) is 0 Å². The molecule has 2 rings (SSSR count). The van der Waals surface area contributed by atoms with Crippen molar-refractivity contribution in [3.05, 3.63) is 0 Å². The van der Waals surface area contributed by atoms with Crippen molar-refractivity contribution in [2.45, 2.75) is 40.0 Å². The Morgan fingerprint density at radius 1 is 1.29 bits per heavy atom. The van der Waals surface area contributed by atoms with E-state index in [9.17, 15) is 9.59 Å². The predicted octanol–water partition coefficient (Wildman–Crippen LogP) is 1.16. The number of rotatable bonds is 2. The number of piperidine rings is 1. The van der Waals surface area contributed by atoms with E-state index in [1.54, 1.807) is 0 Å². The molecule has 2 saturated heterocycles. The highest BCUT2D eigenvalue weighted by atomic mass is 16.2. The molecule has 0 radical (unpaired) electrons. The molecular formula is C13H22N2O2. The smallest absolute Gasteiger partial charge is 0.235 e. The molecule has 0 aromatic rings. The molecule has 0 aromatic heterocycles. The Hall–Kier alpha value is -0.900. The second kappa shape index (κ2) is 4.09. The maximum absolute atomic E-state index is 12.1. The molecule has 2 aliphatic rings. The molecular weight excluding hydrogens is 216 g/mol. The first-order valence-electron chi connectivity index (χ1n) is 6.40. The number of amides is 2. The Labute approximate surface area is 103 Å². The van der Waals surface area contributed by atoms with Gasteiger partial charge in [0.05, 0.1) is 5.41 Å². The van der Waals surface area contributed by atoms with Gasteiger partial charge in [-0.15, -0.1) is 0 Å². The Balaban J connectivity index is 2.08. The van der Waals surface area contributed by atoms with Gasteiger partial charge >= 0.3 is 0 Å². The molecule has 1 unspecified atom stereocenters. The van der Waals surface area contributed by atoms with Crippen LogP contribution in [-0.4, -0.2) is 36.3 Å². The van der Waals surface area contributed by atoms with E-state index in [1.165, 1.54) is 4.90 Å². The van der Waals surface area contributed by atoms with Gasteiger partial charge in [0.25, 0.3) is 0 Å². The lowest BCUT2D eigenvalue weighted by atomic mass is 9.82. The first kappa shape index (κ1) is 12.6. The molecule has 2 amide bonds. The largest absolute Gasteiger partial charge is 0.316 e. The van der Waals surface area contributed by atoms with E-state index in [0.717, 1.165) is 25.9 Å². The molecule has 0 aliphatic carbocycles. The topological polar surface area (TPSA) is 49.4 Å². The minimum atomic E-state index is -0.504. The molecule has 2 fully saturated rings. The maximum Gasteiger partial charge on any atom is 0.235 e. The zero-order valence-electron chi connectivity index (χ0n) is 11.0. The van der Waals surface area contributed by atoms with Gasteiger partial charge in [0.1, 0.15) is 0 Å². The number of hydrogen-bond acceptors (Lipinski definition) is 3. The normalized spacial score (nSPS) is 33.2. The molecule has 17 heavy (non-hydrogen) atoms. The fourth-order valence-corrected chi connectivity index (χ4v) is 2.82. The molecule has 4 heteroatoms. The molecule has 0 saturated carbocycles. The van der Waals surface area contributed by atoms with Gasteiger partial charge in [0.15, 0.2) is 0 Å². The summed E-state index contributed by atoms with van der Waals surface area (Å²) in [6.45, 7) is 8.38. The van der Waals surface area contributed by atoms with Crippen molar-refractivity contribution < 1.29 is 9.59 Å². The standard InChI is InChI=1S/C13H22N2O2/c1-12(2)7-10(16)15(11(12)17)9-13(3)5-4-6-14-8-13/h14H,4-9H2,1-3H3. The summed E-state index contributed by atoms with van der Waals surface area (Å²) in [6.07, 6.45) is 2.56. The monoisotopic (exact) mass is 238 g/mol. The number of hydrogen-bond donors (Lipinski definition) is 1. The summed E-state index contributed by atoms with van der Waals surface area (Å²) >= 11 is 0. The molecule has 0 spiro atoms. The minimum absolute atomic E-state index is 0.00528. The van der Waals surface area contributed by atoms with E-state index in [1.807, 2.05) is 13.8 Å². The van der Waals surface area contributed by atoms with Crippen LogP contribution in [-0.2, 0) is 9.59 Å². The highest BCUT2D eigenvalue weighted by Gasteiger charge is 2.46. The lowest BCUT2D eigenvalue weighted by Gasteiger charge is -2.37. The van der Waals surface area contributed by atoms with Crippen molar-refractivity contribution >= 4 is 11.8 Å². The van der Waals surface area contributed by atoms with E-state index in [2.05, 4.69) is 12.2 Å². The summed E-state index contributed by atoms with van der Waals surface area (Å²) in [7, 11) is 0. The molecule has 0 aromatic carbocycles. The van der Waals surface area contributed by atoms with Gasteiger partial charge in [-0.3, -0.25) is 14.5 Å². The first-order valence-corrected chi connectivity index (χ1v) is 6.40. The van der Waals surface area contributed by atoms with E-state index >= 15 is 0 Å². The third kappa shape index (κ3) is 2.37. The predicted molar refractivity (Wildman–Crippen MR) is 65.3 cm³/mol. The van der Waals surface area contributed by atoms with Gasteiger partial charge in [0, 0.05) is 19.5 Å². The number of likely N-dealkylation sites (tertiary alicyclic amines) is 1. The minimum Gasteiger partial charge on any atom is -0.316 e. The van der Waals surface area contributed by atoms with Crippen LogP contribution in [0.25, 0.3) is 0 Å². The van der Waals surface area contributed by atoms with Crippen LogP contribution in [0.1, 0.15) is 40.0 Å². The van der Waals surface area contributed by atoms with Crippen molar-refractivity contribution in [3.63, 3.8) is 0 Å². The average molecular weight is 238 g/mol. The Morgan fingerprint density at radius 2 is 2.00 bits per heavy atom. The average Bonchev–Trinajstić information content (AvgIpc) is 2.42. The Morgan fingerprint density at radius 3 is 2.47 bits per heavy atom. The van der Waals surface area contributed by atoms with Gasteiger partial charge in [-0.05, 0) is 24.8 Å². The number of nitrogens with one attached hydrogen (secondary N) is 1. The number of imide groups is 1. The molecule has 2 heterocycles. The lowest BCUT2D eigenvalue weighted by molar-refractivity contribution is -0.142. The zero-order chi connectivity index (χ0) is 12.7. The second-order valence-electron chi connectivity index (χ2n) is 6.44. The second-order valence-corrected chi connectivity index (χ2v) is 6.44. The number of carbonyl (C=O) groups is 2. The highest BCUT2D eigenvalue weighted by molar-refractivity contribution is 6.05. The molecule has 1 N–H and O–H groups in total. The van der Waals surface area contributed by atoms with Crippen LogP contribution in [0.3, 0.4) is 0 Å². The third-order valence-corrected chi connectivity index (χ3v) is 3.94. The maximum atomic E-state index is 12.1. The van der Waals surface area contributed by atoms with Crippen molar-refractivity contribution in [2.24, 2.45) is 10.8 Å². The summed E-state index contributed by atoms with van der Waals surface area (Å²) in [5, 5.41) is 3.35. The van der Waals surface area contributed by atoms with Crippen LogP contribution >= 0.6 is 0 Å². The lowest BCUT2D eigenvalue weighted by Crippen LogP contribution is -2.48. The molecule has 1 atom stereocenters. The SMILES string of the molecule is CC1(CN2C(=O)CC(C)(C)C2=O)CCCNC1. The summed E-state index contributed by atoms with van der Waals surface area (Å²) in [6, 6.07) is 0. The molecule has 4 nitrogen and oxygen atoms in total. The van der Waals surface area contributed by atoms with E-state index < -0.39 is 5.41 Å². The van der Waals surface area contributed by atoms with Crippen LogP contribution in [0.4, 0.5) is 0 Å². The van der Waals surface area contributed by atoms with Gasteiger partial charge in [-0.25, -0.2) is 0 Å². The van der Waals surface area contributed by atoms with E-state index in [4.69, 9.17) is 0 Å². The summed E-state index contributed by atoms with van der Waals surface area (Å²) in [4.78, 5) is 25.5. The van der Waals surface area contributed by atoms with Crippen molar-refractivity contribution in [1.29, 1.82) is 0 Å². The fourth-order valence-electron chi connectivity index (χ4n) is 2.82. The summed E-state index contributed by atoms with van der Waals surface area (Å²) in [5.74, 6) is -0.0129. The van der Waals surface area contributed by atoms with Gasteiger partial charge in [-0.1, -0.05) is 20.8 Å². The Kier molecular flexibility index (Phi) is 3.02. The van der Waals surface area contributed by atoms with Crippen LogP contribution < -0.4 is 5.32 Å². The Bertz CT molecular complexity index is 343. The number of nitrogens with zero attached hydrogens (tertiary/aromatic N) is 1. The molecule has 2 aliphatic heterocycles.